The first-order chi connectivity index (χ1) is 13.3. The molecule has 0 fully saturated rings. The number of carbonyl (C=O) groups is 1. The van der Waals surface area contributed by atoms with E-state index < -0.39 is 11.7 Å². The summed E-state index contributed by atoms with van der Waals surface area (Å²) in [5.74, 6) is 0.0600. The normalized spacial score (nSPS) is 11.5. The molecule has 0 bridgehead atoms. The number of ether oxygens (including phenoxy) is 1. The molecule has 3 rings (SSSR count). The van der Waals surface area contributed by atoms with Gasteiger partial charge < -0.3 is 4.74 Å². The zero-order valence-corrected chi connectivity index (χ0v) is 15.5. The van der Waals surface area contributed by atoms with Crippen LogP contribution in [0, 0.1) is 6.92 Å². The molecule has 146 valence electrons. The molecule has 0 N–H and O–H groups in total. The number of nitrogens with zero attached hydrogens (tertiary/aromatic N) is 2. The molecule has 3 aromatic rings. The number of benzene rings is 2. The Balaban J connectivity index is 1.78. The third-order valence-electron chi connectivity index (χ3n) is 4.44. The Hall–Kier alpha value is -3.09. The van der Waals surface area contributed by atoms with Gasteiger partial charge >= 0.3 is 6.18 Å². The molecule has 0 unspecified atom stereocenters. The van der Waals surface area contributed by atoms with E-state index in [1.807, 2.05) is 19.1 Å². The molecule has 0 amide bonds. The molecule has 4 nitrogen and oxygen atoms in total. The molecule has 0 spiro atoms. The van der Waals surface area contributed by atoms with Crippen LogP contribution in [0.1, 0.15) is 32.7 Å². The van der Waals surface area contributed by atoms with Gasteiger partial charge in [-0.2, -0.15) is 18.3 Å². The monoisotopic (exact) mass is 388 g/mol. The first-order valence-corrected chi connectivity index (χ1v) is 8.63. The summed E-state index contributed by atoms with van der Waals surface area (Å²) in [6.07, 6.45) is -2.84. The lowest BCUT2D eigenvalue weighted by Crippen LogP contribution is -2.13. The maximum absolute atomic E-state index is 13.3. The predicted octanol–water partition coefficient (Wildman–Crippen LogP) is 4.69. The molecule has 1 aromatic heterocycles. The summed E-state index contributed by atoms with van der Waals surface area (Å²) < 4.78 is 46.3. The van der Waals surface area contributed by atoms with Gasteiger partial charge in [0.15, 0.2) is 5.78 Å². The van der Waals surface area contributed by atoms with Gasteiger partial charge in [0.05, 0.1) is 31.3 Å². The average molecular weight is 388 g/mol. The van der Waals surface area contributed by atoms with Crippen LogP contribution in [0.5, 0.6) is 5.75 Å². The van der Waals surface area contributed by atoms with E-state index in [1.165, 1.54) is 23.9 Å². The first kappa shape index (κ1) is 19.7. The van der Waals surface area contributed by atoms with Crippen LogP contribution >= 0.6 is 0 Å². The van der Waals surface area contributed by atoms with E-state index >= 15 is 0 Å². The minimum atomic E-state index is -4.50. The van der Waals surface area contributed by atoms with Crippen molar-refractivity contribution in [3.8, 4) is 5.75 Å². The van der Waals surface area contributed by atoms with Crippen LogP contribution in [0.4, 0.5) is 13.2 Å². The van der Waals surface area contributed by atoms with Crippen LogP contribution in [0.15, 0.2) is 54.7 Å². The van der Waals surface area contributed by atoms with E-state index in [1.54, 1.807) is 24.4 Å². The van der Waals surface area contributed by atoms with Crippen molar-refractivity contribution in [1.29, 1.82) is 0 Å². The van der Waals surface area contributed by atoms with Crippen molar-refractivity contribution in [3.05, 3.63) is 82.7 Å². The van der Waals surface area contributed by atoms with Crippen LogP contribution in [0.3, 0.4) is 0 Å². The Bertz CT molecular complexity index is 993. The number of rotatable bonds is 6. The number of methoxy groups -OCH3 is 1. The highest BCUT2D eigenvalue weighted by Crippen LogP contribution is 2.34. The molecule has 1 heterocycles. The number of Topliss-reactive ketones (excluding diaryl/α,β-unsaturated/α-hetero) is 1. The molecule has 0 saturated heterocycles. The van der Waals surface area contributed by atoms with Crippen molar-refractivity contribution in [2.24, 2.45) is 0 Å². The number of aromatic nitrogens is 2. The van der Waals surface area contributed by atoms with Crippen molar-refractivity contribution < 1.29 is 22.7 Å². The molecule has 7 heteroatoms. The number of halogens is 3. The second-order valence-corrected chi connectivity index (χ2v) is 6.44. The maximum Gasteiger partial charge on any atom is 0.416 e. The van der Waals surface area contributed by atoms with Crippen LogP contribution in [-0.4, -0.2) is 22.7 Å². The van der Waals surface area contributed by atoms with E-state index in [4.69, 9.17) is 4.74 Å². The Labute approximate surface area is 160 Å². The van der Waals surface area contributed by atoms with Crippen molar-refractivity contribution in [2.75, 3.05) is 7.11 Å². The van der Waals surface area contributed by atoms with Gasteiger partial charge in [0.25, 0.3) is 0 Å². The lowest BCUT2D eigenvalue weighted by atomic mass is 10.0. The van der Waals surface area contributed by atoms with E-state index in [2.05, 4.69) is 5.10 Å². The van der Waals surface area contributed by atoms with Gasteiger partial charge in [-0.1, -0.05) is 30.3 Å². The van der Waals surface area contributed by atoms with Gasteiger partial charge in [-0.25, -0.2) is 0 Å². The molecule has 0 atom stereocenters. The summed E-state index contributed by atoms with van der Waals surface area (Å²) >= 11 is 0. The molecule has 0 aliphatic carbocycles. The predicted molar refractivity (Wildman–Crippen MR) is 98.5 cm³/mol. The van der Waals surface area contributed by atoms with Gasteiger partial charge in [0, 0.05) is 11.8 Å². The number of alkyl halides is 3. The molecule has 28 heavy (non-hydrogen) atoms. The minimum absolute atomic E-state index is 0.0581. The zero-order chi connectivity index (χ0) is 20.3. The highest BCUT2D eigenvalue weighted by molar-refractivity contribution is 5.98. The number of hydrogen-bond acceptors (Lipinski definition) is 3. The summed E-state index contributed by atoms with van der Waals surface area (Å²) in [5, 5.41) is 4.26. The van der Waals surface area contributed by atoms with Crippen LogP contribution in [0.2, 0.25) is 0 Å². The fourth-order valence-electron chi connectivity index (χ4n) is 2.99. The van der Waals surface area contributed by atoms with Gasteiger partial charge in [-0.15, -0.1) is 0 Å². The van der Waals surface area contributed by atoms with E-state index in [9.17, 15) is 18.0 Å². The topological polar surface area (TPSA) is 44.1 Å². The molecular formula is C21H19F3N2O2. The van der Waals surface area contributed by atoms with Gasteiger partial charge in [-0.05, 0) is 36.2 Å². The number of ketones is 1. The smallest absolute Gasteiger partial charge is 0.416 e. The molecule has 0 aliphatic rings. The minimum Gasteiger partial charge on any atom is -0.497 e. The van der Waals surface area contributed by atoms with E-state index in [-0.39, 0.29) is 30.1 Å². The number of aryl methyl sites for hydroxylation is 1. The lowest BCUT2D eigenvalue weighted by Gasteiger charge is -2.14. The zero-order valence-electron chi connectivity index (χ0n) is 15.5. The third kappa shape index (κ3) is 4.42. The Morgan fingerprint density at radius 3 is 2.57 bits per heavy atom. The standard InChI is InChI=1S/C21H19F3N2O2/c1-14-5-3-4-6-18(14)20(27)11-16-9-10-26(25-16)13-15-7-8-17(28-2)12-19(15)21(22,23)24/h3-10,12H,11,13H2,1-2H3. The van der Waals surface area contributed by atoms with Gasteiger partial charge in [0.2, 0.25) is 0 Å². The van der Waals surface area contributed by atoms with Crippen molar-refractivity contribution in [2.45, 2.75) is 26.1 Å². The third-order valence-corrected chi connectivity index (χ3v) is 4.44. The van der Waals surface area contributed by atoms with Crippen LogP contribution in [-0.2, 0) is 19.1 Å². The van der Waals surface area contributed by atoms with Crippen LogP contribution in [0.25, 0.3) is 0 Å². The fraction of sp³-hybridized carbons (Fsp3) is 0.238. The van der Waals surface area contributed by atoms with Crippen molar-refractivity contribution in [3.63, 3.8) is 0 Å². The Morgan fingerprint density at radius 2 is 1.89 bits per heavy atom. The van der Waals surface area contributed by atoms with Gasteiger partial charge in [-0.3, -0.25) is 9.48 Å². The summed E-state index contributed by atoms with van der Waals surface area (Å²) in [6, 6.07) is 12.7. The van der Waals surface area contributed by atoms with Gasteiger partial charge in [0.1, 0.15) is 5.75 Å². The number of hydrogen-bond donors (Lipinski definition) is 0. The first-order valence-electron chi connectivity index (χ1n) is 8.63. The lowest BCUT2D eigenvalue weighted by molar-refractivity contribution is -0.138. The van der Waals surface area contributed by atoms with E-state index in [0.717, 1.165) is 11.6 Å². The second-order valence-electron chi connectivity index (χ2n) is 6.44. The van der Waals surface area contributed by atoms with Crippen molar-refractivity contribution >= 4 is 5.78 Å². The van der Waals surface area contributed by atoms with Crippen molar-refractivity contribution in [1.82, 2.24) is 9.78 Å². The fourth-order valence-corrected chi connectivity index (χ4v) is 2.99. The summed E-state index contributed by atoms with van der Waals surface area (Å²) in [5.41, 5.74) is 1.31. The molecule has 0 radical (unpaired) electrons. The molecule has 2 aromatic carbocycles. The van der Waals surface area contributed by atoms with E-state index in [0.29, 0.717) is 11.3 Å². The summed E-state index contributed by atoms with van der Waals surface area (Å²) in [7, 11) is 1.32. The molecular weight excluding hydrogens is 369 g/mol. The summed E-state index contributed by atoms with van der Waals surface area (Å²) in [6.45, 7) is 1.80. The maximum atomic E-state index is 13.3. The Morgan fingerprint density at radius 1 is 1.14 bits per heavy atom. The average Bonchev–Trinajstić information content (AvgIpc) is 3.08. The summed E-state index contributed by atoms with van der Waals surface area (Å²) in [4.78, 5) is 12.4. The Kier molecular flexibility index (Phi) is 5.53. The van der Waals surface area contributed by atoms with Crippen LogP contribution < -0.4 is 4.74 Å². The molecule has 0 saturated carbocycles. The SMILES string of the molecule is COc1ccc(Cn2ccc(CC(=O)c3ccccc3C)n2)c(C(F)(F)F)c1. The molecule has 0 aliphatic heterocycles. The quantitative estimate of drug-likeness (QED) is 0.576. The highest BCUT2D eigenvalue weighted by atomic mass is 19.4. The second kappa shape index (κ2) is 7.88. The highest BCUT2D eigenvalue weighted by Gasteiger charge is 2.33. The largest absolute Gasteiger partial charge is 0.497 e. The number of carbonyl (C=O) groups excluding carboxylic acids is 1.